The van der Waals surface area contributed by atoms with Crippen LogP contribution in [0.5, 0.6) is 5.75 Å². The zero-order chi connectivity index (χ0) is 18.5. The number of hydrogen-bond acceptors (Lipinski definition) is 8. The van der Waals surface area contributed by atoms with E-state index in [-0.39, 0.29) is 17.3 Å². The molecule has 0 aliphatic heterocycles. The molecule has 0 amide bonds. The number of rotatable bonds is 6. The van der Waals surface area contributed by atoms with E-state index in [1.165, 1.54) is 19.6 Å². The van der Waals surface area contributed by atoms with Gasteiger partial charge < -0.3 is 15.4 Å². The van der Waals surface area contributed by atoms with Gasteiger partial charge in [-0.25, -0.2) is 15.0 Å². The Morgan fingerprint density at radius 1 is 1.12 bits per heavy atom. The Morgan fingerprint density at radius 3 is 2.54 bits per heavy atom. The molecule has 0 saturated carbocycles. The minimum absolute atomic E-state index is 0.00483. The highest BCUT2D eigenvalue weighted by Gasteiger charge is 2.23. The summed E-state index contributed by atoms with van der Waals surface area (Å²) in [6, 6.07) is 10.1. The van der Waals surface area contributed by atoms with E-state index < -0.39 is 4.92 Å². The molecule has 0 bridgehead atoms. The van der Waals surface area contributed by atoms with Gasteiger partial charge in [0.15, 0.2) is 0 Å². The summed E-state index contributed by atoms with van der Waals surface area (Å²) < 4.78 is 5.14. The summed E-state index contributed by atoms with van der Waals surface area (Å²) in [5.74, 6) is 1.01. The van der Waals surface area contributed by atoms with Gasteiger partial charge in [0.05, 0.1) is 17.1 Å². The highest BCUT2D eigenvalue weighted by atomic mass is 35.5. The van der Waals surface area contributed by atoms with Crippen LogP contribution in [-0.2, 0) is 0 Å². The fraction of sp³-hybridized carbons (Fsp3) is 0.0625. The van der Waals surface area contributed by atoms with Gasteiger partial charge in [0.25, 0.3) is 0 Å². The zero-order valence-corrected chi connectivity index (χ0v) is 14.3. The van der Waals surface area contributed by atoms with Gasteiger partial charge in [-0.1, -0.05) is 17.7 Å². The van der Waals surface area contributed by atoms with Crippen LogP contribution in [0, 0.1) is 10.1 Å². The molecule has 0 aliphatic rings. The van der Waals surface area contributed by atoms with Crippen molar-refractivity contribution in [2.45, 2.75) is 0 Å². The maximum atomic E-state index is 11.6. The number of nitrogens with zero attached hydrogens (tertiary/aromatic N) is 4. The van der Waals surface area contributed by atoms with Gasteiger partial charge >= 0.3 is 5.69 Å². The number of nitro groups is 1. The van der Waals surface area contributed by atoms with Crippen LogP contribution in [0.1, 0.15) is 0 Å². The topological polar surface area (TPSA) is 115 Å². The first-order valence-electron chi connectivity index (χ1n) is 7.36. The third-order valence-electron chi connectivity index (χ3n) is 3.31. The molecule has 0 fully saturated rings. The quantitative estimate of drug-likeness (QED) is 0.494. The monoisotopic (exact) mass is 372 g/mol. The third-order valence-corrected chi connectivity index (χ3v) is 3.53. The first-order chi connectivity index (χ1) is 12.6. The summed E-state index contributed by atoms with van der Waals surface area (Å²) in [5.41, 5.74) is 0.272. The standard InChI is InChI=1S/C16H13ClN6O3/c1-26-12-4-2-3-11(7-12)21-15-14(23(24)25)16(20-9-19-15)22-13-6-5-10(17)8-18-13/h2-9H,1H3,(H2,18,19,20,21,22). The van der Waals surface area contributed by atoms with E-state index in [2.05, 4.69) is 25.6 Å². The van der Waals surface area contributed by atoms with Crippen LogP contribution in [0.4, 0.5) is 28.8 Å². The summed E-state index contributed by atoms with van der Waals surface area (Å²) >= 11 is 5.79. The van der Waals surface area contributed by atoms with Crippen molar-refractivity contribution in [1.29, 1.82) is 0 Å². The van der Waals surface area contributed by atoms with Crippen LogP contribution in [0.2, 0.25) is 5.02 Å². The Hall–Kier alpha value is -3.46. The molecule has 26 heavy (non-hydrogen) atoms. The number of benzene rings is 1. The Kier molecular flexibility index (Phi) is 5.09. The Bertz CT molecular complexity index is 936. The molecule has 0 atom stereocenters. The van der Waals surface area contributed by atoms with Gasteiger partial charge in [-0.15, -0.1) is 0 Å². The molecule has 9 nitrogen and oxygen atoms in total. The van der Waals surface area contributed by atoms with Crippen LogP contribution in [0.25, 0.3) is 0 Å². The first-order valence-corrected chi connectivity index (χ1v) is 7.73. The lowest BCUT2D eigenvalue weighted by Gasteiger charge is -2.10. The lowest BCUT2D eigenvalue weighted by atomic mass is 10.3. The van der Waals surface area contributed by atoms with Crippen molar-refractivity contribution >= 4 is 40.4 Å². The largest absolute Gasteiger partial charge is 0.497 e. The zero-order valence-electron chi connectivity index (χ0n) is 13.5. The molecule has 2 aromatic heterocycles. The Morgan fingerprint density at radius 2 is 1.88 bits per heavy atom. The van der Waals surface area contributed by atoms with Gasteiger partial charge in [0, 0.05) is 18.0 Å². The predicted octanol–water partition coefficient (Wildman–Crippen LogP) is 3.93. The molecule has 3 aromatic rings. The summed E-state index contributed by atoms with van der Waals surface area (Å²) in [6.07, 6.45) is 2.64. The average molecular weight is 373 g/mol. The van der Waals surface area contributed by atoms with Crippen molar-refractivity contribution in [3.05, 3.63) is 64.1 Å². The SMILES string of the molecule is COc1cccc(Nc2ncnc(Nc3ccc(Cl)cn3)c2[N+](=O)[O-])c1. The number of ether oxygens (including phenoxy) is 1. The second-order valence-electron chi connectivity index (χ2n) is 5.02. The van der Waals surface area contributed by atoms with E-state index in [9.17, 15) is 10.1 Å². The number of pyridine rings is 1. The number of aromatic nitrogens is 3. The molecule has 132 valence electrons. The van der Waals surface area contributed by atoms with Crippen molar-refractivity contribution in [2.75, 3.05) is 17.7 Å². The molecular weight excluding hydrogens is 360 g/mol. The van der Waals surface area contributed by atoms with Gasteiger partial charge in [0.2, 0.25) is 11.6 Å². The molecule has 0 saturated heterocycles. The Balaban J connectivity index is 1.95. The second kappa shape index (κ2) is 7.62. The molecule has 1 aromatic carbocycles. The molecule has 0 aliphatic carbocycles. The molecule has 3 rings (SSSR count). The number of halogens is 1. The average Bonchev–Trinajstić information content (AvgIpc) is 2.64. The maximum absolute atomic E-state index is 11.6. The highest BCUT2D eigenvalue weighted by molar-refractivity contribution is 6.30. The number of hydrogen-bond donors (Lipinski definition) is 2. The number of anilines is 4. The van der Waals surface area contributed by atoms with Crippen LogP contribution < -0.4 is 15.4 Å². The van der Waals surface area contributed by atoms with Gasteiger partial charge in [-0.05, 0) is 24.3 Å². The van der Waals surface area contributed by atoms with Crippen molar-refractivity contribution in [3.63, 3.8) is 0 Å². The molecule has 2 heterocycles. The lowest BCUT2D eigenvalue weighted by molar-refractivity contribution is -0.383. The minimum atomic E-state index is -0.569. The van der Waals surface area contributed by atoms with E-state index >= 15 is 0 Å². The smallest absolute Gasteiger partial charge is 0.353 e. The van der Waals surface area contributed by atoms with Gasteiger partial charge in [-0.3, -0.25) is 10.1 Å². The summed E-state index contributed by atoms with van der Waals surface area (Å²) in [6.45, 7) is 0. The normalized spacial score (nSPS) is 10.2. The highest BCUT2D eigenvalue weighted by Crippen LogP contribution is 2.33. The fourth-order valence-corrected chi connectivity index (χ4v) is 2.26. The van der Waals surface area contributed by atoms with Crippen LogP contribution in [0.3, 0.4) is 0 Å². The van der Waals surface area contributed by atoms with E-state index in [0.717, 1.165) is 0 Å². The third kappa shape index (κ3) is 3.95. The van der Waals surface area contributed by atoms with Crippen LogP contribution in [-0.4, -0.2) is 27.0 Å². The van der Waals surface area contributed by atoms with E-state index in [1.807, 2.05) is 0 Å². The van der Waals surface area contributed by atoms with Crippen LogP contribution >= 0.6 is 11.6 Å². The fourth-order valence-electron chi connectivity index (χ4n) is 2.14. The summed E-state index contributed by atoms with van der Waals surface area (Å²) in [4.78, 5) is 23.0. The van der Waals surface area contributed by atoms with E-state index in [1.54, 1.807) is 36.4 Å². The lowest BCUT2D eigenvalue weighted by Crippen LogP contribution is -2.06. The number of methoxy groups -OCH3 is 1. The molecule has 0 unspecified atom stereocenters. The first kappa shape index (κ1) is 17.4. The van der Waals surface area contributed by atoms with Crippen LogP contribution in [0.15, 0.2) is 48.9 Å². The van der Waals surface area contributed by atoms with Crippen molar-refractivity contribution in [1.82, 2.24) is 15.0 Å². The van der Waals surface area contributed by atoms with Crippen molar-refractivity contribution in [2.24, 2.45) is 0 Å². The van der Waals surface area contributed by atoms with E-state index in [4.69, 9.17) is 16.3 Å². The second-order valence-corrected chi connectivity index (χ2v) is 5.46. The minimum Gasteiger partial charge on any atom is -0.497 e. The predicted molar refractivity (Wildman–Crippen MR) is 97.5 cm³/mol. The van der Waals surface area contributed by atoms with E-state index in [0.29, 0.717) is 22.3 Å². The molecular formula is C16H13ClN6O3. The number of nitrogens with one attached hydrogen (secondary N) is 2. The molecule has 10 heteroatoms. The summed E-state index contributed by atoms with van der Waals surface area (Å²) in [7, 11) is 1.54. The van der Waals surface area contributed by atoms with Crippen molar-refractivity contribution in [3.8, 4) is 5.75 Å². The van der Waals surface area contributed by atoms with Gasteiger partial charge in [0.1, 0.15) is 17.9 Å². The molecule has 0 spiro atoms. The van der Waals surface area contributed by atoms with Crippen molar-refractivity contribution < 1.29 is 9.66 Å². The maximum Gasteiger partial charge on any atom is 0.353 e. The van der Waals surface area contributed by atoms with Gasteiger partial charge in [-0.2, -0.15) is 0 Å². The molecule has 0 radical (unpaired) electrons. The Labute approximate surface area is 153 Å². The molecule has 2 N–H and O–H groups in total. The summed E-state index contributed by atoms with van der Waals surface area (Å²) in [5, 5.41) is 17.7.